The average molecular weight is 104 g/mol. The van der Waals surface area contributed by atoms with E-state index in [1.165, 1.54) is 14.2 Å². The first-order valence-corrected chi connectivity index (χ1v) is 1.82. The minimum Gasteiger partial charge on any atom is -0.339 e. The predicted molar refractivity (Wildman–Crippen MR) is 24.6 cm³/mol. The summed E-state index contributed by atoms with van der Waals surface area (Å²) in [6.07, 6.45) is 0. The SMILES string of the molecule is CNC(=O)NOC. The lowest BCUT2D eigenvalue weighted by Crippen LogP contribution is -2.31. The Kier molecular flexibility index (Phi) is 3.04. The summed E-state index contributed by atoms with van der Waals surface area (Å²) >= 11 is 0. The Hall–Kier alpha value is -0.770. The number of carbonyl (C=O) groups is 1. The van der Waals surface area contributed by atoms with E-state index in [2.05, 4.69) is 10.2 Å². The zero-order chi connectivity index (χ0) is 5.70. The fraction of sp³-hybridized carbons (Fsp3) is 0.667. The van der Waals surface area contributed by atoms with Gasteiger partial charge in [-0.3, -0.25) is 4.84 Å². The monoisotopic (exact) mass is 104 g/mol. The molecule has 42 valence electrons. The summed E-state index contributed by atoms with van der Waals surface area (Å²) in [5, 5.41) is 2.29. The van der Waals surface area contributed by atoms with E-state index < -0.39 is 0 Å². The number of hydrogen-bond donors (Lipinski definition) is 2. The zero-order valence-electron chi connectivity index (χ0n) is 4.32. The summed E-state index contributed by atoms with van der Waals surface area (Å²) < 4.78 is 0. The molecule has 0 unspecified atom stereocenters. The normalized spacial score (nSPS) is 7.71. The van der Waals surface area contributed by atoms with Gasteiger partial charge in [0.05, 0.1) is 7.11 Å². The molecule has 2 amide bonds. The molecule has 4 nitrogen and oxygen atoms in total. The lowest BCUT2D eigenvalue weighted by molar-refractivity contribution is 0.108. The van der Waals surface area contributed by atoms with Crippen molar-refractivity contribution in [3.8, 4) is 0 Å². The van der Waals surface area contributed by atoms with Crippen LogP contribution in [0.3, 0.4) is 0 Å². The number of hydrogen-bond acceptors (Lipinski definition) is 2. The van der Waals surface area contributed by atoms with Crippen molar-refractivity contribution in [3.63, 3.8) is 0 Å². The molecule has 7 heavy (non-hydrogen) atoms. The van der Waals surface area contributed by atoms with Gasteiger partial charge in [0.2, 0.25) is 0 Å². The van der Waals surface area contributed by atoms with Gasteiger partial charge < -0.3 is 5.32 Å². The van der Waals surface area contributed by atoms with Gasteiger partial charge in [0, 0.05) is 7.05 Å². The Labute approximate surface area is 41.8 Å². The quantitative estimate of drug-likeness (QED) is 0.440. The van der Waals surface area contributed by atoms with E-state index in [1.54, 1.807) is 0 Å². The van der Waals surface area contributed by atoms with Gasteiger partial charge in [-0.1, -0.05) is 0 Å². The fourth-order valence-electron chi connectivity index (χ4n) is 0.144. The molecule has 0 saturated heterocycles. The number of rotatable bonds is 1. The molecule has 0 atom stereocenters. The first-order valence-electron chi connectivity index (χ1n) is 1.82. The molecule has 0 aromatic rings. The largest absolute Gasteiger partial charge is 0.339 e. The predicted octanol–water partition coefficient (Wildman–Crippen LogP) is -0.523. The van der Waals surface area contributed by atoms with Crippen LogP contribution in [0.4, 0.5) is 4.79 Å². The molecule has 0 aromatic carbocycles. The maximum absolute atomic E-state index is 10.1. The van der Waals surface area contributed by atoms with E-state index in [0.29, 0.717) is 0 Å². The second kappa shape index (κ2) is 3.42. The molecule has 0 bridgehead atoms. The molecule has 0 aliphatic carbocycles. The van der Waals surface area contributed by atoms with E-state index in [4.69, 9.17) is 0 Å². The van der Waals surface area contributed by atoms with Crippen LogP contribution in [-0.2, 0) is 4.84 Å². The minimum atomic E-state index is -0.345. The van der Waals surface area contributed by atoms with Crippen LogP contribution >= 0.6 is 0 Å². The zero-order valence-corrected chi connectivity index (χ0v) is 4.32. The van der Waals surface area contributed by atoms with Crippen LogP contribution in [0.1, 0.15) is 0 Å². The highest BCUT2D eigenvalue weighted by Gasteiger charge is 1.87. The first kappa shape index (κ1) is 6.23. The summed E-state index contributed by atoms with van der Waals surface area (Å²) in [6.45, 7) is 0. The highest BCUT2D eigenvalue weighted by atomic mass is 16.6. The molecule has 0 heterocycles. The third kappa shape index (κ3) is 3.05. The molecule has 0 aliphatic heterocycles. The second-order valence-electron chi connectivity index (χ2n) is 0.885. The van der Waals surface area contributed by atoms with Gasteiger partial charge in [-0.25, -0.2) is 10.3 Å². The van der Waals surface area contributed by atoms with E-state index >= 15 is 0 Å². The second-order valence-corrected chi connectivity index (χ2v) is 0.885. The van der Waals surface area contributed by atoms with Gasteiger partial charge in [0.15, 0.2) is 0 Å². The Bertz CT molecular complexity index is 64.0. The van der Waals surface area contributed by atoms with Gasteiger partial charge in [0.25, 0.3) is 0 Å². The van der Waals surface area contributed by atoms with Crippen LogP contribution in [0.5, 0.6) is 0 Å². The molecule has 0 radical (unpaired) electrons. The Balaban J connectivity index is 3.00. The van der Waals surface area contributed by atoms with E-state index in [-0.39, 0.29) is 6.03 Å². The van der Waals surface area contributed by atoms with Crippen molar-refractivity contribution in [2.75, 3.05) is 14.2 Å². The maximum atomic E-state index is 10.1. The van der Waals surface area contributed by atoms with Gasteiger partial charge in [-0.15, -0.1) is 0 Å². The standard InChI is InChI=1S/C3H8N2O2/c1-4-3(6)5-7-2/h1-2H3,(H2,4,5,6). The smallest absolute Gasteiger partial charge is 0.338 e. The highest BCUT2D eigenvalue weighted by Crippen LogP contribution is 1.55. The molecular weight excluding hydrogens is 96.0 g/mol. The summed E-state index contributed by atoms with van der Waals surface area (Å²) in [7, 11) is 2.88. The molecule has 4 heteroatoms. The molecular formula is C3H8N2O2. The molecule has 0 fully saturated rings. The van der Waals surface area contributed by atoms with Crippen LogP contribution in [-0.4, -0.2) is 20.2 Å². The van der Waals surface area contributed by atoms with Gasteiger partial charge >= 0.3 is 6.03 Å². The van der Waals surface area contributed by atoms with Crippen molar-refractivity contribution in [1.82, 2.24) is 10.8 Å². The van der Waals surface area contributed by atoms with Crippen LogP contribution in [0.15, 0.2) is 0 Å². The van der Waals surface area contributed by atoms with Crippen molar-refractivity contribution < 1.29 is 9.63 Å². The van der Waals surface area contributed by atoms with Gasteiger partial charge in [0.1, 0.15) is 0 Å². The molecule has 0 rings (SSSR count). The van der Waals surface area contributed by atoms with Crippen molar-refractivity contribution >= 4 is 6.03 Å². The van der Waals surface area contributed by atoms with Crippen molar-refractivity contribution in [2.24, 2.45) is 0 Å². The third-order valence-corrected chi connectivity index (χ3v) is 0.422. The lowest BCUT2D eigenvalue weighted by atomic mass is 11.0. The van der Waals surface area contributed by atoms with E-state index in [0.717, 1.165) is 0 Å². The molecule has 0 spiro atoms. The molecule has 0 aromatic heterocycles. The Morgan fingerprint density at radius 1 is 1.71 bits per heavy atom. The Morgan fingerprint density at radius 3 is 2.43 bits per heavy atom. The number of hydroxylamine groups is 1. The van der Waals surface area contributed by atoms with E-state index in [1.807, 2.05) is 5.48 Å². The highest BCUT2D eigenvalue weighted by molar-refractivity contribution is 5.72. The lowest BCUT2D eigenvalue weighted by Gasteiger charge is -1.96. The fourth-order valence-corrected chi connectivity index (χ4v) is 0.144. The average Bonchev–Trinajstić information content (AvgIpc) is 1.68. The van der Waals surface area contributed by atoms with Crippen LogP contribution < -0.4 is 10.8 Å². The van der Waals surface area contributed by atoms with Crippen molar-refractivity contribution in [1.29, 1.82) is 0 Å². The van der Waals surface area contributed by atoms with Crippen molar-refractivity contribution in [2.45, 2.75) is 0 Å². The van der Waals surface area contributed by atoms with Crippen molar-refractivity contribution in [3.05, 3.63) is 0 Å². The summed E-state index contributed by atoms with van der Waals surface area (Å²) in [6, 6.07) is -0.345. The molecule has 0 aliphatic rings. The van der Waals surface area contributed by atoms with Crippen LogP contribution in [0.2, 0.25) is 0 Å². The number of nitrogens with one attached hydrogen (secondary N) is 2. The molecule has 0 saturated carbocycles. The van der Waals surface area contributed by atoms with E-state index in [9.17, 15) is 4.79 Å². The number of carbonyl (C=O) groups excluding carboxylic acids is 1. The number of urea groups is 1. The summed E-state index contributed by atoms with van der Waals surface area (Å²) in [5.74, 6) is 0. The van der Waals surface area contributed by atoms with Gasteiger partial charge in [-0.2, -0.15) is 0 Å². The van der Waals surface area contributed by atoms with Gasteiger partial charge in [-0.05, 0) is 0 Å². The van der Waals surface area contributed by atoms with Crippen LogP contribution in [0.25, 0.3) is 0 Å². The van der Waals surface area contributed by atoms with Crippen LogP contribution in [0, 0.1) is 0 Å². The summed E-state index contributed by atoms with van der Waals surface area (Å²) in [5.41, 5.74) is 2.05. The summed E-state index contributed by atoms with van der Waals surface area (Å²) in [4.78, 5) is 14.3. The minimum absolute atomic E-state index is 0.345. The topological polar surface area (TPSA) is 50.4 Å². The Morgan fingerprint density at radius 2 is 2.29 bits per heavy atom. The maximum Gasteiger partial charge on any atom is 0.338 e. The third-order valence-electron chi connectivity index (χ3n) is 0.422. The first-order chi connectivity index (χ1) is 3.31. The molecule has 2 N–H and O–H groups in total. The number of amides is 2.